The van der Waals surface area contributed by atoms with Gasteiger partial charge >= 0.3 is 0 Å². The smallest absolute Gasteiger partial charge is 0.0839 e. The van der Waals surface area contributed by atoms with E-state index in [2.05, 4.69) is 48.3 Å². The summed E-state index contributed by atoms with van der Waals surface area (Å²) in [6.07, 6.45) is 3.12. The van der Waals surface area contributed by atoms with Crippen LogP contribution in [0.25, 0.3) is 0 Å². The predicted octanol–water partition coefficient (Wildman–Crippen LogP) is 2.19. The second-order valence-electron chi connectivity index (χ2n) is 5.53. The van der Waals surface area contributed by atoms with Gasteiger partial charge in [-0.3, -0.25) is 0 Å². The Balaban J connectivity index is 1.98. The number of rotatable bonds is 6. The Labute approximate surface area is 116 Å². The fourth-order valence-electron chi connectivity index (χ4n) is 2.78. The van der Waals surface area contributed by atoms with Crippen molar-refractivity contribution in [1.29, 1.82) is 0 Å². The van der Waals surface area contributed by atoms with Gasteiger partial charge in [-0.05, 0) is 44.4 Å². The van der Waals surface area contributed by atoms with E-state index in [1.54, 1.807) is 0 Å². The second kappa shape index (κ2) is 6.92. The molecule has 0 aliphatic carbocycles. The van der Waals surface area contributed by atoms with Crippen molar-refractivity contribution in [1.82, 2.24) is 5.32 Å². The van der Waals surface area contributed by atoms with Crippen LogP contribution in [-0.2, 0) is 6.42 Å². The van der Waals surface area contributed by atoms with E-state index in [0.29, 0.717) is 12.6 Å². The number of aliphatic hydroxyl groups excluding tert-OH is 1. The van der Waals surface area contributed by atoms with Gasteiger partial charge in [-0.15, -0.1) is 0 Å². The first-order chi connectivity index (χ1) is 9.22. The lowest BCUT2D eigenvalue weighted by Crippen LogP contribution is -2.45. The molecule has 2 atom stereocenters. The van der Waals surface area contributed by atoms with E-state index in [1.807, 2.05) is 0 Å². The van der Waals surface area contributed by atoms with Gasteiger partial charge in [-0.1, -0.05) is 25.1 Å². The lowest BCUT2D eigenvalue weighted by Gasteiger charge is -2.38. The van der Waals surface area contributed by atoms with E-state index in [-0.39, 0.29) is 6.10 Å². The van der Waals surface area contributed by atoms with Crippen molar-refractivity contribution in [3.8, 4) is 0 Å². The highest BCUT2D eigenvalue weighted by atomic mass is 16.3. The number of β-amino-alcohol motifs (C(OH)–C–C–N with tert-alkyl or cyclic N) is 1. The molecular formula is C16H26N2O. The summed E-state index contributed by atoms with van der Waals surface area (Å²) in [5.41, 5.74) is 2.71. The van der Waals surface area contributed by atoms with Crippen LogP contribution in [0.3, 0.4) is 0 Å². The molecule has 1 aromatic carbocycles. The van der Waals surface area contributed by atoms with Gasteiger partial charge in [0.05, 0.1) is 6.10 Å². The first kappa shape index (κ1) is 14.4. The maximum atomic E-state index is 10.2. The molecule has 3 heteroatoms. The van der Waals surface area contributed by atoms with E-state index in [0.717, 1.165) is 25.9 Å². The first-order valence-electron chi connectivity index (χ1n) is 7.45. The van der Waals surface area contributed by atoms with Crippen molar-refractivity contribution in [3.63, 3.8) is 0 Å². The highest BCUT2D eigenvalue weighted by Gasteiger charge is 2.24. The quantitative estimate of drug-likeness (QED) is 0.771. The molecule has 19 heavy (non-hydrogen) atoms. The van der Waals surface area contributed by atoms with Crippen LogP contribution in [0.2, 0.25) is 0 Å². The second-order valence-corrected chi connectivity index (χ2v) is 5.53. The van der Waals surface area contributed by atoms with Crippen LogP contribution in [0.15, 0.2) is 24.3 Å². The number of benzene rings is 1. The summed E-state index contributed by atoms with van der Waals surface area (Å²) in [6, 6.07) is 9.08. The molecule has 0 aromatic heterocycles. The molecule has 0 saturated carbocycles. The van der Waals surface area contributed by atoms with E-state index in [9.17, 15) is 5.11 Å². The van der Waals surface area contributed by atoms with Crippen molar-refractivity contribution in [2.75, 3.05) is 24.5 Å². The molecule has 1 aromatic rings. The van der Waals surface area contributed by atoms with Crippen LogP contribution < -0.4 is 10.2 Å². The summed E-state index contributed by atoms with van der Waals surface area (Å²) in [7, 11) is 0. The van der Waals surface area contributed by atoms with E-state index < -0.39 is 0 Å². The average Bonchev–Trinajstić information content (AvgIpc) is 2.42. The maximum absolute atomic E-state index is 10.2. The van der Waals surface area contributed by atoms with Crippen LogP contribution in [0, 0.1) is 0 Å². The lowest BCUT2D eigenvalue weighted by molar-refractivity contribution is 0.173. The van der Waals surface area contributed by atoms with Crippen LogP contribution in [0.1, 0.15) is 32.3 Å². The summed E-state index contributed by atoms with van der Waals surface area (Å²) < 4.78 is 0. The van der Waals surface area contributed by atoms with E-state index in [1.165, 1.54) is 17.7 Å². The molecule has 2 rings (SSSR count). The number of anilines is 1. The topological polar surface area (TPSA) is 35.5 Å². The molecule has 1 heterocycles. The minimum Gasteiger partial charge on any atom is -0.390 e. The Hall–Kier alpha value is -1.06. The monoisotopic (exact) mass is 262 g/mol. The summed E-state index contributed by atoms with van der Waals surface area (Å²) in [4.78, 5) is 2.36. The Kier molecular flexibility index (Phi) is 5.23. The molecule has 0 saturated heterocycles. The van der Waals surface area contributed by atoms with E-state index in [4.69, 9.17) is 0 Å². The molecule has 0 bridgehead atoms. The predicted molar refractivity (Wildman–Crippen MR) is 80.7 cm³/mol. The number of nitrogens with one attached hydrogen (secondary N) is 1. The summed E-state index contributed by atoms with van der Waals surface area (Å²) >= 11 is 0. The fourth-order valence-corrected chi connectivity index (χ4v) is 2.78. The Bertz CT molecular complexity index is 394. The van der Waals surface area contributed by atoms with Gasteiger partial charge in [0.25, 0.3) is 0 Å². The third kappa shape index (κ3) is 3.71. The lowest BCUT2D eigenvalue weighted by atomic mass is 9.96. The average molecular weight is 262 g/mol. The maximum Gasteiger partial charge on any atom is 0.0839 e. The molecule has 2 N–H and O–H groups in total. The van der Waals surface area contributed by atoms with Crippen LogP contribution >= 0.6 is 0 Å². The molecule has 0 amide bonds. The molecule has 0 spiro atoms. The molecule has 0 fully saturated rings. The molecule has 2 unspecified atom stereocenters. The van der Waals surface area contributed by atoms with Gasteiger partial charge in [-0.2, -0.15) is 0 Å². The number of nitrogens with zero attached hydrogens (tertiary/aromatic N) is 1. The number of para-hydroxylation sites is 1. The molecule has 0 radical (unpaired) electrons. The highest BCUT2D eigenvalue weighted by molar-refractivity contribution is 5.56. The molecule has 1 aliphatic rings. The van der Waals surface area contributed by atoms with Crippen molar-refractivity contribution >= 4 is 5.69 Å². The molecular weight excluding hydrogens is 236 g/mol. The van der Waals surface area contributed by atoms with Gasteiger partial charge in [-0.25, -0.2) is 0 Å². The zero-order valence-corrected chi connectivity index (χ0v) is 12.1. The van der Waals surface area contributed by atoms with Crippen LogP contribution in [0.4, 0.5) is 5.69 Å². The fraction of sp³-hybridized carbons (Fsp3) is 0.625. The highest BCUT2D eigenvalue weighted by Crippen LogP contribution is 2.30. The zero-order chi connectivity index (χ0) is 13.7. The number of hydrogen-bond acceptors (Lipinski definition) is 3. The van der Waals surface area contributed by atoms with Gasteiger partial charge in [0.2, 0.25) is 0 Å². The Morgan fingerprint density at radius 2 is 2.21 bits per heavy atom. The third-order valence-electron chi connectivity index (χ3n) is 3.88. The van der Waals surface area contributed by atoms with Crippen LogP contribution in [0.5, 0.6) is 0 Å². The third-order valence-corrected chi connectivity index (χ3v) is 3.88. The minimum absolute atomic E-state index is 0.305. The molecule has 1 aliphatic heterocycles. The van der Waals surface area contributed by atoms with Crippen molar-refractivity contribution in [3.05, 3.63) is 29.8 Å². The van der Waals surface area contributed by atoms with Crippen LogP contribution in [-0.4, -0.2) is 36.9 Å². The Morgan fingerprint density at radius 1 is 1.42 bits per heavy atom. The van der Waals surface area contributed by atoms with Crippen molar-refractivity contribution < 1.29 is 5.11 Å². The van der Waals surface area contributed by atoms with Crippen molar-refractivity contribution in [2.45, 2.75) is 45.3 Å². The number of aryl methyl sites for hydroxylation is 1. The van der Waals surface area contributed by atoms with E-state index >= 15 is 0 Å². The first-order valence-corrected chi connectivity index (χ1v) is 7.45. The van der Waals surface area contributed by atoms with Gasteiger partial charge in [0, 0.05) is 24.8 Å². The molecule has 106 valence electrons. The van der Waals surface area contributed by atoms with Gasteiger partial charge in [0.1, 0.15) is 0 Å². The SMILES string of the molecule is CCCNCC(O)CN1c2ccccc2CCC1C. The summed E-state index contributed by atoms with van der Waals surface area (Å²) in [6.45, 7) is 6.77. The van der Waals surface area contributed by atoms with Crippen molar-refractivity contribution in [2.24, 2.45) is 0 Å². The number of fused-ring (bicyclic) bond motifs is 1. The number of hydrogen-bond donors (Lipinski definition) is 2. The minimum atomic E-state index is -0.305. The Morgan fingerprint density at radius 3 is 3.00 bits per heavy atom. The van der Waals surface area contributed by atoms with Gasteiger partial charge in [0.15, 0.2) is 0 Å². The largest absolute Gasteiger partial charge is 0.390 e. The summed E-state index contributed by atoms with van der Waals surface area (Å²) in [5, 5.41) is 13.5. The molecule has 3 nitrogen and oxygen atoms in total. The normalized spacial score (nSPS) is 20.2. The number of aliphatic hydroxyl groups is 1. The van der Waals surface area contributed by atoms with Gasteiger partial charge < -0.3 is 15.3 Å². The zero-order valence-electron chi connectivity index (χ0n) is 12.1. The summed E-state index contributed by atoms with van der Waals surface area (Å²) in [5.74, 6) is 0. The standard InChI is InChI=1S/C16H26N2O/c1-3-10-17-11-15(19)12-18-13(2)8-9-14-6-4-5-7-16(14)18/h4-7,13,15,17,19H,3,8-12H2,1-2H3.